The molecule has 13 heavy (non-hydrogen) atoms. The van der Waals surface area contributed by atoms with Crippen LogP contribution < -0.4 is 9.47 Å². The molecule has 0 aliphatic rings. The van der Waals surface area contributed by atoms with Crippen LogP contribution in [0.15, 0.2) is 12.1 Å². The van der Waals surface area contributed by atoms with Gasteiger partial charge in [-0.15, -0.1) is 0 Å². The van der Waals surface area contributed by atoms with Crippen molar-refractivity contribution in [1.29, 1.82) is 0 Å². The van der Waals surface area contributed by atoms with Gasteiger partial charge >= 0.3 is 0 Å². The van der Waals surface area contributed by atoms with Crippen molar-refractivity contribution < 1.29 is 13.9 Å². The highest BCUT2D eigenvalue weighted by Crippen LogP contribution is 2.29. The van der Waals surface area contributed by atoms with Crippen molar-refractivity contribution >= 4 is 22.6 Å². The number of hydrogen-bond donors (Lipinski definition) is 0. The molecule has 0 unspecified atom stereocenters. The maximum atomic E-state index is 13.4. The van der Waals surface area contributed by atoms with Gasteiger partial charge in [0, 0.05) is 0 Å². The summed E-state index contributed by atoms with van der Waals surface area (Å²) >= 11 is 1.89. The van der Waals surface area contributed by atoms with Crippen LogP contribution in [0.3, 0.4) is 0 Å². The van der Waals surface area contributed by atoms with Gasteiger partial charge in [-0.2, -0.15) is 0 Å². The van der Waals surface area contributed by atoms with Crippen molar-refractivity contribution in [3.8, 4) is 11.5 Å². The predicted octanol–water partition coefficient (Wildman–Crippen LogP) is 2.84. The Morgan fingerprint density at radius 1 is 1.38 bits per heavy atom. The average Bonchev–Trinajstić information content (AvgIpc) is 2.14. The Labute approximate surface area is 90.2 Å². The van der Waals surface area contributed by atoms with E-state index >= 15 is 0 Å². The van der Waals surface area contributed by atoms with Gasteiger partial charge in [-0.1, -0.05) is 0 Å². The Bertz CT molecular complexity index is 302. The van der Waals surface area contributed by atoms with Crippen molar-refractivity contribution in [2.45, 2.75) is 6.92 Å². The van der Waals surface area contributed by atoms with Crippen LogP contribution in [-0.4, -0.2) is 13.7 Å². The number of halogens is 2. The first-order chi connectivity index (χ1) is 6.20. The van der Waals surface area contributed by atoms with Gasteiger partial charge < -0.3 is 9.47 Å². The number of methoxy groups -OCH3 is 1. The van der Waals surface area contributed by atoms with Gasteiger partial charge in [0.15, 0.2) is 11.6 Å². The van der Waals surface area contributed by atoms with E-state index in [1.807, 2.05) is 29.5 Å². The second-order valence-corrected chi connectivity index (χ2v) is 3.41. The Morgan fingerprint density at radius 3 is 2.54 bits per heavy atom. The van der Waals surface area contributed by atoms with Gasteiger partial charge in [-0.3, -0.25) is 0 Å². The monoisotopic (exact) mass is 296 g/mol. The first-order valence-corrected chi connectivity index (χ1v) is 4.93. The Morgan fingerprint density at radius 2 is 2.00 bits per heavy atom. The smallest absolute Gasteiger partial charge is 0.182 e. The molecule has 0 amide bonds. The maximum absolute atomic E-state index is 13.4. The third kappa shape index (κ3) is 2.24. The Kier molecular flexibility index (Phi) is 3.77. The summed E-state index contributed by atoms with van der Waals surface area (Å²) in [5.41, 5.74) is 0. The Balaban J connectivity index is 3.07. The molecule has 0 saturated heterocycles. The minimum absolute atomic E-state index is 0.271. The van der Waals surface area contributed by atoms with E-state index in [4.69, 9.17) is 9.47 Å². The topological polar surface area (TPSA) is 18.5 Å². The van der Waals surface area contributed by atoms with Crippen LogP contribution >= 0.6 is 22.6 Å². The van der Waals surface area contributed by atoms with Crippen molar-refractivity contribution in [2.75, 3.05) is 13.7 Å². The van der Waals surface area contributed by atoms with Crippen LogP contribution in [0.25, 0.3) is 0 Å². The van der Waals surface area contributed by atoms with E-state index in [1.54, 1.807) is 12.1 Å². The molecule has 2 nitrogen and oxygen atoms in total. The second-order valence-electron chi connectivity index (χ2n) is 2.33. The molecule has 72 valence electrons. The Hall–Kier alpha value is -0.520. The van der Waals surface area contributed by atoms with Crippen LogP contribution in [0.2, 0.25) is 0 Å². The lowest BCUT2D eigenvalue weighted by Gasteiger charge is -2.08. The minimum Gasteiger partial charge on any atom is -0.496 e. The minimum atomic E-state index is -0.359. The maximum Gasteiger partial charge on any atom is 0.182 e. The highest BCUT2D eigenvalue weighted by molar-refractivity contribution is 14.1. The van der Waals surface area contributed by atoms with E-state index in [9.17, 15) is 4.39 Å². The molecule has 0 heterocycles. The van der Waals surface area contributed by atoms with Gasteiger partial charge in [0.05, 0.1) is 17.3 Å². The summed E-state index contributed by atoms with van der Waals surface area (Å²) in [4.78, 5) is 0. The third-order valence-electron chi connectivity index (χ3n) is 1.53. The molecule has 0 bridgehead atoms. The number of hydrogen-bond acceptors (Lipinski definition) is 2. The van der Waals surface area contributed by atoms with Crippen molar-refractivity contribution in [3.63, 3.8) is 0 Å². The van der Waals surface area contributed by atoms with Gasteiger partial charge in [-0.05, 0) is 41.6 Å². The molecule has 0 aliphatic heterocycles. The zero-order chi connectivity index (χ0) is 9.84. The standard InChI is InChI=1S/C9H10FIO2/c1-3-13-6-4-5-7(12-2)9(11)8(6)10/h4-5H,3H2,1-2H3. The largest absolute Gasteiger partial charge is 0.496 e. The SMILES string of the molecule is CCOc1ccc(OC)c(I)c1F. The molecule has 4 heteroatoms. The highest BCUT2D eigenvalue weighted by atomic mass is 127. The van der Waals surface area contributed by atoms with Crippen LogP contribution in [0.4, 0.5) is 4.39 Å². The summed E-state index contributed by atoms with van der Waals surface area (Å²) in [6.07, 6.45) is 0. The van der Waals surface area contributed by atoms with E-state index < -0.39 is 0 Å². The average molecular weight is 296 g/mol. The van der Waals surface area contributed by atoms with E-state index in [0.29, 0.717) is 15.9 Å². The fourth-order valence-electron chi connectivity index (χ4n) is 0.939. The van der Waals surface area contributed by atoms with Gasteiger partial charge in [0.1, 0.15) is 5.75 Å². The second kappa shape index (κ2) is 4.64. The molecule has 0 N–H and O–H groups in total. The van der Waals surface area contributed by atoms with E-state index in [0.717, 1.165) is 0 Å². The molecule has 1 rings (SSSR count). The summed E-state index contributed by atoms with van der Waals surface area (Å²) in [5, 5.41) is 0. The first kappa shape index (κ1) is 10.6. The van der Waals surface area contributed by atoms with Crippen LogP contribution in [0, 0.1) is 9.39 Å². The zero-order valence-electron chi connectivity index (χ0n) is 7.43. The summed E-state index contributed by atoms with van der Waals surface area (Å²) in [7, 11) is 1.51. The summed E-state index contributed by atoms with van der Waals surface area (Å²) < 4.78 is 23.9. The highest BCUT2D eigenvalue weighted by Gasteiger charge is 2.11. The molecular weight excluding hydrogens is 286 g/mol. The zero-order valence-corrected chi connectivity index (χ0v) is 9.59. The van der Waals surface area contributed by atoms with Crippen molar-refractivity contribution in [1.82, 2.24) is 0 Å². The first-order valence-electron chi connectivity index (χ1n) is 3.85. The quantitative estimate of drug-likeness (QED) is 0.799. The van der Waals surface area contributed by atoms with Gasteiger partial charge in [-0.25, -0.2) is 4.39 Å². The molecule has 0 atom stereocenters. The molecule has 0 spiro atoms. The fraction of sp³-hybridized carbons (Fsp3) is 0.333. The fourth-order valence-corrected chi connectivity index (χ4v) is 1.60. The van der Waals surface area contributed by atoms with Crippen molar-refractivity contribution in [3.05, 3.63) is 21.5 Å². The van der Waals surface area contributed by atoms with E-state index in [2.05, 4.69) is 0 Å². The number of benzene rings is 1. The summed E-state index contributed by atoms with van der Waals surface area (Å²) in [6, 6.07) is 3.26. The number of ether oxygens (including phenoxy) is 2. The van der Waals surface area contributed by atoms with Gasteiger partial charge in [0.2, 0.25) is 0 Å². The predicted molar refractivity (Wildman–Crippen MR) is 56.8 cm³/mol. The molecule has 0 radical (unpaired) electrons. The molecule has 1 aromatic carbocycles. The number of rotatable bonds is 3. The van der Waals surface area contributed by atoms with Crippen molar-refractivity contribution in [2.24, 2.45) is 0 Å². The molecule has 0 aliphatic carbocycles. The molecule has 0 fully saturated rings. The summed E-state index contributed by atoms with van der Waals surface area (Å²) in [6.45, 7) is 2.27. The van der Waals surface area contributed by atoms with Gasteiger partial charge in [0.25, 0.3) is 0 Å². The lowest BCUT2D eigenvalue weighted by molar-refractivity contribution is 0.318. The lowest BCUT2D eigenvalue weighted by Crippen LogP contribution is -1.98. The van der Waals surface area contributed by atoms with Crippen LogP contribution in [0.5, 0.6) is 11.5 Å². The lowest BCUT2D eigenvalue weighted by atomic mass is 10.3. The molecular formula is C9H10FIO2. The van der Waals surface area contributed by atoms with E-state index in [1.165, 1.54) is 7.11 Å². The van der Waals surface area contributed by atoms with Crippen LogP contribution in [-0.2, 0) is 0 Å². The molecule has 1 aromatic rings. The third-order valence-corrected chi connectivity index (χ3v) is 2.54. The summed E-state index contributed by atoms with van der Waals surface area (Å²) in [5.74, 6) is 0.441. The van der Waals surface area contributed by atoms with E-state index in [-0.39, 0.29) is 11.6 Å². The molecule has 0 saturated carbocycles. The molecule has 0 aromatic heterocycles. The normalized spacial score (nSPS) is 9.85. The van der Waals surface area contributed by atoms with Crippen LogP contribution in [0.1, 0.15) is 6.92 Å².